The van der Waals surface area contributed by atoms with Crippen LogP contribution in [0.4, 0.5) is 0 Å². The van der Waals surface area contributed by atoms with Crippen LogP contribution in [0, 0.1) is 11.8 Å². The molecule has 1 unspecified atom stereocenters. The quantitative estimate of drug-likeness (QED) is 0.747. The number of Topliss-reactive ketones (excluding diaryl/α,β-unsaturated/α-hetero) is 1. The van der Waals surface area contributed by atoms with Gasteiger partial charge in [-0.05, 0) is 31.2 Å². The lowest BCUT2D eigenvalue weighted by atomic mass is 9.92. The van der Waals surface area contributed by atoms with Crippen LogP contribution in [-0.2, 0) is 6.54 Å². The first-order valence-electron chi connectivity index (χ1n) is 6.94. The van der Waals surface area contributed by atoms with Crippen LogP contribution in [0.25, 0.3) is 0 Å². The van der Waals surface area contributed by atoms with Crippen molar-refractivity contribution in [1.29, 1.82) is 0 Å². The van der Waals surface area contributed by atoms with Gasteiger partial charge in [0.1, 0.15) is 5.69 Å². The average Bonchev–Trinajstić information content (AvgIpc) is 2.69. The summed E-state index contributed by atoms with van der Waals surface area (Å²) in [5.74, 6) is 0.804. The van der Waals surface area contributed by atoms with E-state index in [2.05, 4.69) is 18.9 Å². The number of halogens is 1. The zero-order valence-electron chi connectivity index (χ0n) is 12.0. The van der Waals surface area contributed by atoms with Crippen molar-refractivity contribution in [3.8, 4) is 0 Å². The van der Waals surface area contributed by atoms with Crippen LogP contribution in [0.5, 0.6) is 0 Å². The topological polar surface area (TPSA) is 60.9 Å². The Kier molecular flexibility index (Phi) is 6.52. The Bertz CT molecular complexity index is 415. The standard InChI is InChI=1S/C14H24ClN3O/c1-4-5-18-14(12(15)9-17-18)13(19)7-11(8-16)6-10(2)3/h9-11H,4-8,16H2,1-3H3. The zero-order chi connectivity index (χ0) is 14.4. The van der Waals surface area contributed by atoms with E-state index in [9.17, 15) is 4.79 Å². The summed E-state index contributed by atoms with van der Waals surface area (Å²) in [7, 11) is 0. The van der Waals surface area contributed by atoms with Crippen molar-refractivity contribution >= 4 is 17.4 Å². The molecule has 0 aliphatic rings. The van der Waals surface area contributed by atoms with E-state index < -0.39 is 0 Å². The maximum absolute atomic E-state index is 12.4. The number of carbonyl (C=O) groups is 1. The van der Waals surface area contributed by atoms with E-state index in [1.54, 1.807) is 10.9 Å². The third-order valence-electron chi connectivity index (χ3n) is 3.11. The summed E-state index contributed by atoms with van der Waals surface area (Å²) in [5, 5.41) is 4.60. The second-order valence-corrected chi connectivity index (χ2v) is 5.83. The Morgan fingerprint density at radius 1 is 1.53 bits per heavy atom. The van der Waals surface area contributed by atoms with Crippen molar-refractivity contribution in [2.24, 2.45) is 17.6 Å². The molecule has 1 rings (SSSR count). The number of carbonyl (C=O) groups excluding carboxylic acids is 1. The first kappa shape index (κ1) is 16.2. The lowest BCUT2D eigenvalue weighted by molar-refractivity contribution is 0.0946. The number of aryl methyl sites for hydroxylation is 1. The zero-order valence-corrected chi connectivity index (χ0v) is 12.8. The molecule has 0 radical (unpaired) electrons. The highest BCUT2D eigenvalue weighted by Crippen LogP contribution is 2.22. The van der Waals surface area contributed by atoms with Gasteiger partial charge in [0.2, 0.25) is 0 Å². The second-order valence-electron chi connectivity index (χ2n) is 5.42. The highest BCUT2D eigenvalue weighted by Gasteiger charge is 2.21. The van der Waals surface area contributed by atoms with Crippen molar-refractivity contribution in [2.45, 2.75) is 46.6 Å². The van der Waals surface area contributed by atoms with Crippen LogP contribution in [0.3, 0.4) is 0 Å². The van der Waals surface area contributed by atoms with Crippen molar-refractivity contribution in [3.05, 3.63) is 16.9 Å². The molecule has 1 aromatic heterocycles. The van der Waals surface area contributed by atoms with Gasteiger partial charge in [-0.2, -0.15) is 5.10 Å². The van der Waals surface area contributed by atoms with E-state index >= 15 is 0 Å². The Balaban J connectivity index is 2.79. The number of hydrogen-bond acceptors (Lipinski definition) is 3. The molecule has 1 aromatic rings. The summed E-state index contributed by atoms with van der Waals surface area (Å²) in [5.41, 5.74) is 6.28. The summed E-state index contributed by atoms with van der Waals surface area (Å²) in [4.78, 5) is 12.4. The molecule has 0 aliphatic carbocycles. The van der Waals surface area contributed by atoms with Gasteiger partial charge in [-0.1, -0.05) is 32.4 Å². The number of nitrogens with zero attached hydrogens (tertiary/aromatic N) is 2. The number of rotatable bonds is 8. The Labute approximate surface area is 120 Å². The van der Waals surface area contributed by atoms with Gasteiger partial charge in [-0.3, -0.25) is 9.48 Å². The fraction of sp³-hybridized carbons (Fsp3) is 0.714. The third-order valence-corrected chi connectivity index (χ3v) is 3.38. The van der Waals surface area contributed by atoms with Crippen molar-refractivity contribution in [1.82, 2.24) is 9.78 Å². The number of ketones is 1. The van der Waals surface area contributed by atoms with Crippen LogP contribution in [0.2, 0.25) is 5.02 Å². The van der Waals surface area contributed by atoms with Crippen LogP contribution in [-0.4, -0.2) is 22.1 Å². The maximum Gasteiger partial charge on any atom is 0.182 e. The molecule has 0 spiro atoms. The van der Waals surface area contributed by atoms with E-state index in [1.807, 2.05) is 6.92 Å². The van der Waals surface area contributed by atoms with E-state index in [0.29, 0.717) is 36.1 Å². The first-order chi connectivity index (χ1) is 8.99. The minimum absolute atomic E-state index is 0.0482. The molecule has 0 fully saturated rings. The predicted octanol–water partition coefficient (Wildman–Crippen LogP) is 3.14. The van der Waals surface area contributed by atoms with Crippen molar-refractivity contribution in [2.75, 3.05) is 6.54 Å². The smallest absolute Gasteiger partial charge is 0.182 e. The molecule has 5 heteroatoms. The minimum Gasteiger partial charge on any atom is -0.330 e. The predicted molar refractivity (Wildman–Crippen MR) is 78.5 cm³/mol. The lowest BCUT2D eigenvalue weighted by Gasteiger charge is -2.16. The molecule has 0 aromatic carbocycles. The Hall–Kier alpha value is -0.870. The molecule has 0 saturated carbocycles. The second kappa shape index (κ2) is 7.65. The summed E-state index contributed by atoms with van der Waals surface area (Å²) < 4.78 is 1.70. The van der Waals surface area contributed by atoms with Crippen LogP contribution in [0.15, 0.2) is 6.20 Å². The molecule has 1 atom stereocenters. The fourth-order valence-electron chi connectivity index (χ4n) is 2.31. The minimum atomic E-state index is 0.0482. The summed E-state index contributed by atoms with van der Waals surface area (Å²) in [6, 6.07) is 0. The molecule has 0 bridgehead atoms. The SMILES string of the molecule is CCCn1ncc(Cl)c1C(=O)CC(CN)CC(C)C. The molecule has 108 valence electrons. The van der Waals surface area contributed by atoms with Gasteiger partial charge in [-0.25, -0.2) is 0 Å². The average molecular weight is 286 g/mol. The Morgan fingerprint density at radius 3 is 2.74 bits per heavy atom. The third kappa shape index (κ3) is 4.62. The van der Waals surface area contributed by atoms with Gasteiger partial charge in [0.25, 0.3) is 0 Å². The molecular weight excluding hydrogens is 262 g/mol. The normalized spacial score (nSPS) is 12.9. The van der Waals surface area contributed by atoms with Gasteiger partial charge in [0.05, 0.1) is 11.2 Å². The van der Waals surface area contributed by atoms with E-state index in [1.165, 1.54) is 0 Å². The molecule has 4 nitrogen and oxygen atoms in total. The van der Waals surface area contributed by atoms with Gasteiger partial charge < -0.3 is 5.73 Å². The van der Waals surface area contributed by atoms with Crippen molar-refractivity contribution in [3.63, 3.8) is 0 Å². The molecule has 19 heavy (non-hydrogen) atoms. The lowest BCUT2D eigenvalue weighted by Crippen LogP contribution is -2.22. The van der Waals surface area contributed by atoms with Gasteiger partial charge >= 0.3 is 0 Å². The summed E-state index contributed by atoms with van der Waals surface area (Å²) >= 11 is 6.07. The van der Waals surface area contributed by atoms with Crippen molar-refractivity contribution < 1.29 is 4.79 Å². The van der Waals surface area contributed by atoms with Crippen LogP contribution >= 0.6 is 11.6 Å². The van der Waals surface area contributed by atoms with E-state index in [-0.39, 0.29) is 11.7 Å². The molecule has 0 aliphatic heterocycles. The number of hydrogen-bond donors (Lipinski definition) is 1. The summed E-state index contributed by atoms with van der Waals surface area (Å²) in [6.07, 6.45) is 3.88. The molecule has 2 N–H and O–H groups in total. The van der Waals surface area contributed by atoms with Gasteiger partial charge in [0.15, 0.2) is 5.78 Å². The van der Waals surface area contributed by atoms with Crippen LogP contribution < -0.4 is 5.73 Å². The van der Waals surface area contributed by atoms with E-state index in [0.717, 1.165) is 12.8 Å². The Morgan fingerprint density at radius 2 is 2.21 bits per heavy atom. The van der Waals surface area contributed by atoms with Crippen LogP contribution in [0.1, 0.15) is 50.5 Å². The number of nitrogens with two attached hydrogens (primary N) is 1. The highest BCUT2D eigenvalue weighted by atomic mass is 35.5. The maximum atomic E-state index is 12.4. The largest absolute Gasteiger partial charge is 0.330 e. The first-order valence-corrected chi connectivity index (χ1v) is 7.31. The summed E-state index contributed by atoms with van der Waals surface area (Å²) in [6.45, 7) is 7.57. The monoisotopic (exact) mass is 285 g/mol. The highest BCUT2D eigenvalue weighted by molar-refractivity contribution is 6.33. The van der Waals surface area contributed by atoms with Gasteiger partial charge in [-0.15, -0.1) is 0 Å². The fourth-order valence-corrected chi connectivity index (χ4v) is 2.56. The van der Waals surface area contributed by atoms with Gasteiger partial charge in [0, 0.05) is 13.0 Å². The van der Waals surface area contributed by atoms with E-state index in [4.69, 9.17) is 17.3 Å². The molecule has 0 saturated heterocycles. The number of aromatic nitrogens is 2. The molecule has 1 heterocycles. The molecule has 0 amide bonds. The molecular formula is C14H24ClN3O.